The highest BCUT2D eigenvalue weighted by atomic mass is 19.1. The van der Waals surface area contributed by atoms with E-state index in [1.165, 1.54) is 0 Å². The third kappa shape index (κ3) is 3.22. The maximum Gasteiger partial charge on any atom is 0.289 e. The van der Waals surface area contributed by atoms with Crippen LogP contribution in [0.1, 0.15) is 11.3 Å². The third-order valence-electron chi connectivity index (χ3n) is 5.31. The normalized spacial score (nSPS) is 19.8. The monoisotopic (exact) mass is 405 g/mol. The molecule has 152 valence electrons. The largest absolute Gasteiger partial charge is 0.351 e. The summed E-state index contributed by atoms with van der Waals surface area (Å²) in [6, 6.07) is 10.9. The molecule has 1 atom stereocenters. The smallest absolute Gasteiger partial charge is 0.289 e. The fraction of sp³-hybridized carbons (Fsp3) is 0.286. The minimum Gasteiger partial charge on any atom is -0.351 e. The van der Waals surface area contributed by atoms with Gasteiger partial charge in [-0.05, 0) is 18.6 Å². The summed E-state index contributed by atoms with van der Waals surface area (Å²) >= 11 is 0. The summed E-state index contributed by atoms with van der Waals surface area (Å²) in [6.07, 6.45) is 1.74. The van der Waals surface area contributed by atoms with E-state index in [-0.39, 0.29) is 11.7 Å². The van der Waals surface area contributed by atoms with Crippen molar-refractivity contribution in [1.82, 2.24) is 19.5 Å². The molecule has 5 rings (SSSR count). The van der Waals surface area contributed by atoms with Gasteiger partial charge < -0.3 is 9.80 Å². The van der Waals surface area contributed by atoms with Gasteiger partial charge in [0.15, 0.2) is 5.82 Å². The first-order chi connectivity index (χ1) is 14.6. The van der Waals surface area contributed by atoms with Gasteiger partial charge in [0.1, 0.15) is 5.52 Å². The van der Waals surface area contributed by atoms with Gasteiger partial charge in [-0.3, -0.25) is 4.79 Å². The van der Waals surface area contributed by atoms with Gasteiger partial charge in [0.05, 0.1) is 11.4 Å². The SMILES string of the molecule is Cc1cc2c(N3CCN(C4=NC(=O)C(F)C(c5ccccc5)=N4)CC3)nccn2n1. The van der Waals surface area contributed by atoms with Crippen LogP contribution in [0.3, 0.4) is 0 Å². The predicted octanol–water partition coefficient (Wildman–Crippen LogP) is 1.88. The fourth-order valence-electron chi connectivity index (χ4n) is 3.82. The van der Waals surface area contributed by atoms with Crippen LogP contribution >= 0.6 is 0 Å². The second-order valence-corrected chi connectivity index (χ2v) is 7.32. The molecule has 0 spiro atoms. The molecule has 4 heterocycles. The van der Waals surface area contributed by atoms with E-state index in [1.54, 1.807) is 30.5 Å². The highest BCUT2D eigenvalue weighted by Gasteiger charge is 2.32. The number of benzene rings is 1. The number of aliphatic imine (C=N–C) groups is 2. The van der Waals surface area contributed by atoms with E-state index < -0.39 is 12.1 Å². The molecule has 30 heavy (non-hydrogen) atoms. The number of carbonyl (C=O) groups excluding carboxylic acids is 1. The van der Waals surface area contributed by atoms with Crippen molar-refractivity contribution in [3.05, 3.63) is 60.0 Å². The van der Waals surface area contributed by atoms with Crippen LogP contribution < -0.4 is 4.90 Å². The van der Waals surface area contributed by atoms with Gasteiger partial charge in [0.2, 0.25) is 12.1 Å². The number of amides is 1. The number of anilines is 1. The number of carbonyl (C=O) groups is 1. The number of nitrogens with zero attached hydrogens (tertiary/aromatic N) is 7. The van der Waals surface area contributed by atoms with E-state index in [9.17, 15) is 9.18 Å². The molecule has 1 saturated heterocycles. The van der Waals surface area contributed by atoms with Crippen molar-refractivity contribution in [3.8, 4) is 0 Å². The Balaban J connectivity index is 1.36. The summed E-state index contributed by atoms with van der Waals surface area (Å²) < 4.78 is 16.3. The summed E-state index contributed by atoms with van der Waals surface area (Å²) in [6.45, 7) is 4.51. The number of hydrogen-bond acceptors (Lipinski definition) is 6. The van der Waals surface area contributed by atoms with Crippen molar-refractivity contribution in [2.75, 3.05) is 31.1 Å². The van der Waals surface area contributed by atoms with Crippen molar-refractivity contribution >= 4 is 28.9 Å². The first kappa shape index (κ1) is 18.4. The van der Waals surface area contributed by atoms with Crippen LogP contribution in [-0.4, -0.2) is 69.4 Å². The number of hydrogen-bond donors (Lipinski definition) is 0. The first-order valence-electron chi connectivity index (χ1n) is 9.81. The molecule has 1 fully saturated rings. The fourth-order valence-corrected chi connectivity index (χ4v) is 3.82. The van der Waals surface area contributed by atoms with Crippen molar-refractivity contribution < 1.29 is 9.18 Å². The molecule has 9 heteroatoms. The van der Waals surface area contributed by atoms with E-state index in [0.29, 0.717) is 31.7 Å². The molecule has 1 aromatic carbocycles. The third-order valence-corrected chi connectivity index (χ3v) is 5.31. The molecule has 0 N–H and O–H groups in total. The highest BCUT2D eigenvalue weighted by molar-refractivity contribution is 6.23. The van der Waals surface area contributed by atoms with E-state index in [4.69, 9.17) is 0 Å². The number of guanidine groups is 1. The van der Waals surface area contributed by atoms with Gasteiger partial charge in [0, 0.05) is 38.6 Å². The molecule has 0 radical (unpaired) electrons. The zero-order valence-electron chi connectivity index (χ0n) is 16.4. The molecular weight excluding hydrogens is 385 g/mol. The van der Waals surface area contributed by atoms with Crippen LogP contribution in [0.2, 0.25) is 0 Å². The molecule has 0 aliphatic carbocycles. The molecule has 0 saturated carbocycles. The van der Waals surface area contributed by atoms with Gasteiger partial charge in [-0.25, -0.2) is 18.9 Å². The second-order valence-electron chi connectivity index (χ2n) is 7.32. The van der Waals surface area contributed by atoms with Crippen molar-refractivity contribution in [2.24, 2.45) is 9.98 Å². The number of aromatic nitrogens is 3. The lowest BCUT2D eigenvalue weighted by Gasteiger charge is -2.36. The zero-order valence-corrected chi connectivity index (χ0v) is 16.4. The number of rotatable bonds is 2. The number of fused-ring (bicyclic) bond motifs is 1. The van der Waals surface area contributed by atoms with Crippen molar-refractivity contribution in [2.45, 2.75) is 13.1 Å². The lowest BCUT2D eigenvalue weighted by Crippen LogP contribution is -2.50. The quantitative estimate of drug-likeness (QED) is 0.651. The molecule has 1 amide bonds. The standard InChI is InChI=1S/C21H20FN7O/c1-14-13-16-19(23-7-8-29(16)26-14)27-9-11-28(12-10-27)21-24-18(17(22)20(30)25-21)15-5-3-2-4-6-15/h2-8,13,17H,9-12H2,1H3. The van der Waals surface area contributed by atoms with Crippen LogP contribution in [0.15, 0.2) is 58.8 Å². The molecule has 1 unspecified atom stereocenters. The lowest BCUT2D eigenvalue weighted by atomic mass is 10.0. The molecule has 0 bridgehead atoms. The van der Waals surface area contributed by atoms with Gasteiger partial charge in [-0.2, -0.15) is 10.1 Å². The maximum absolute atomic E-state index is 14.5. The number of halogens is 1. The first-order valence-corrected chi connectivity index (χ1v) is 9.81. The van der Waals surface area contributed by atoms with Crippen LogP contribution in [0.4, 0.5) is 10.2 Å². The lowest BCUT2D eigenvalue weighted by molar-refractivity contribution is -0.120. The highest BCUT2D eigenvalue weighted by Crippen LogP contribution is 2.22. The van der Waals surface area contributed by atoms with E-state index in [0.717, 1.165) is 17.0 Å². The molecule has 2 aromatic heterocycles. The average molecular weight is 405 g/mol. The average Bonchev–Trinajstić information content (AvgIpc) is 3.16. The number of alkyl halides is 1. The van der Waals surface area contributed by atoms with Gasteiger partial charge >= 0.3 is 0 Å². The summed E-state index contributed by atoms with van der Waals surface area (Å²) in [5.74, 6) is 0.345. The summed E-state index contributed by atoms with van der Waals surface area (Å²) in [5, 5.41) is 4.44. The Morgan fingerprint density at radius 3 is 2.53 bits per heavy atom. The van der Waals surface area contributed by atoms with Gasteiger partial charge in [-0.15, -0.1) is 0 Å². The van der Waals surface area contributed by atoms with Crippen molar-refractivity contribution in [1.29, 1.82) is 0 Å². The Morgan fingerprint density at radius 1 is 1.03 bits per heavy atom. The maximum atomic E-state index is 14.5. The Labute approximate surface area is 172 Å². The van der Waals surface area contributed by atoms with Gasteiger partial charge in [-0.1, -0.05) is 30.3 Å². The van der Waals surface area contributed by atoms with Crippen LogP contribution in [0.5, 0.6) is 0 Å². The molecule has 8 nitrogen and oxygen atoms in total. The minimum absolute atomic E-state index is 0.120. The van der Waals surface area contributed by atoms with E-state index in [1.807, 2.05) is 34.7 Å². The Bertz CT molecular complexity index is 1160. The van der Waals surface area contributed by atoms with Crippen LogP contribution in [-0.2, 0) is 4.79 Å². The van der Waals surface area contributed by atoms with E-state index >= 15 is 0 Å². The second kappa shape index (κ2) is 7.33. The number of aryl methyl sites for hydroxylation is 1. The van der Waals surface area contributed by atoms with Crippen molar-refractivity contribution in [3.63, 3.8) is 0 Å². The topological polar surface area (TPSA) is 78.5 Å². The Kier molecular flexibility index (Phi) is 4.50. The van der Waals surface area contributed by atoms with Crippen LogP contribution in [0.25, 0.3) is 5.52 Å². The van der Waals surface area contributed by atoms with Gasteiger partial charge in [0.25, 0.3) is 5.91 Å². The Morgan fingerprint density at radius 2 is 1.77 bits per heavy atom. The Hall–Kier alpha value is -3.62. The summed E-state index contributed by atoms with van der Waals surface area (Å²) in [5.41, 5.74) is 2.60. The zero-order chi connectivity index (χ0) is 20.7. The molecule has 2 aliphatic heterocycles. The molecule has 3 aromatic rings. The summed E-state index contributed by atoms with van der Waals surface area (Å²) in [4.78, 5) is 29.1. The van der Waals surface area contributed by atoms with E-state index in [2.05, 4.69) is 25.0 Å². The molecular formula is C21H20FN7O. The molecule has 2 aliphatic rings. The summed E-state index contributed by atoms with van der Waals surface area (Å²) in [7, 11) is 0. The minimum atomic E-state index is -1.83. The van der Waals surface area contributed by atoms with Crippen LogP contribution in [0, 0.1) is 6.92 Å². The number of piperazine rings is 1. The predicted molar refractivity (Wildman–Crippen MR) is 112 cm³/mol.